The Morgan fingerprint density at radius 2 is 1.61 bits per heavy atom. The number of methoxy groups -OCH3 is 2. The molecule has 0 aromatic heterocycles. The Morgan fingerprint density at radius 3 is 2.26 bits per heavy atom. The molecule has 23 heavy (non-hydrogen) atoms. The third kappa shape index (κ3) is 3.20. The minimum absolute atomic E-state index is 0.378. The lowest BCUT2D eigenvalue weighted by Crippen LogP contribution is -2.43. The van der Waals surface area contributed by atoms with Crippen LogP contribution in [0.2, 0.25) is 0 Å². The van der Waals surface area contributed by atoms with Gasteiger partial charge in [0.2, 0.25) is 0 Å². The summed E-state index contributed by atoms with van der Waals surface area (Å²) in [6, 6.07) is 15.1. The van der Waals surface area contributed by atoms with Crippen LogP contribution in [0.5, 0.6) is 11.5 Å². The van der Waals surface area contributed by atoms with Gasteiger partial charge in [0.05, 0.1) is 47.3 Å². The summed E-state index contributed by atoms with van der Waals surface area (Å²) in [5.41, 5.74) is 4.12. The molecule has 0 saturated carbocycles. The Balaban J connectivity index is 2.15. The molecule has 0 N–H and O–H groups in total. The van der Waals surface area contributed by atoms with Gasteiger partial charge in [-0.2, -0.15) is 0 Å². The minimum atomic E-state index is 0.378. The molecule has 3 heteroatoms. The average molecular weight is 312 g/mol. The predicted molar refractivity (Wildman–Crippen MR) is 93.4 cm³/mol. The topological polar surface area (TPSA) is 18.5 Å². The zero-order valence-electron chi connectivity index (χ0n) is 14.5. The zero-order valence-corrected chi connectivity index (χ0v) is 14.5. The van der Waals surface area contributed by atoms with Gasteiger partial charge in [0.1, 0.15) is 0 Å². The van der Waals surface area contributed by atoms with E-state index in [0.29, 0.717) is 5.92 Å². The first kappa shape index (κ1) is 15.9. The van der Waals surface area contributed by atoms with Gasteiger partial charge in [-0.25, -0.2) is 0 Å². The molecule has 0 spiro atoms. The van der Waals surface area contributed by atoms with E-state index in [-0.39, 0.29) is 0 Å². The van der Waals surface area contributed by atoms with Crippen LogP contribution in [0.15, 0.2) is 42.5 Å². The highest BCUT2D eigenvalue weighted by atomic mass is 16.5. The molecule has 1 atom stereocenters. The molecule has 0 radical (unpaired) electrons. The number of hydrogen-bond donors (Lipinski definition) is 0. The molecule has 1 unspecified atom stereocenters. The summed E-state index contributed by atoms with van der Waals surface area (Å²) in [5.74, 6) is 2.02. The Hall–Kier alpha value is -2.00. The van der Waals surface area contributed by atoms with Crippen LogP contribution in [-0.4, -0.2) is 45.9 Å². The summed E-state index contributed by atoms with van der Waals surface area (Å²) in [5, 5.41) is 0. The Morgan fingerprint density at radius 1 is 0.957 bits per heavy atom. The Kier molecular flexibility index (Phi) is 4.31. The molecule has 1 heterocycles. The summed E-state index contributed by atoms with van der Waals surface area (Å²) in [7, 11) is 8.04. The van der Waals surface area contributed by atoms with Gasteiger partial charge in [0.15, 0.2) is 11.5 Å². The highest BCUT2D eigenvalue weighted by molar-refractivity contribution is 5.51. The molecule has 0 bridgehead atoms. The Bertz CT molecular complexity index is 680. The molecule has 2 aromatic carbocycles. The second-order valence-corrected chi connectivity index (χ2v) is 6.96. The quantitative estimate of drug-likeness (QED) is 0.808. The van der Waals surface area contributed by atoms with Gasteiger partial charge in [0, 0.05) is 6.42 Å². The van der Waals surface area contributed by atoms with Crippen molar-refractivity contribution < 1.29 is 14.0 Å². The maximum Gasteiger partial charge on any atom is 0.161 e. The molecular weight excluding hydrogens is 286 g/mol. The molecular formula is C20H26NO2+. The van der Waals surface area contributed by atoms with E-state index in [1.165, 1.54) is 16.7 Å². The zero-order chi connectivity index (χ0) is 16.4. The van der Waals surface area contributed by atoms with E-state index in [0.717, 1.165) is 35.5 Å². The van der Waals surface area contributed by atoms with E-state index >= 15 is 0 Å². The van der Waals surface area contributed by atoms with Gasteiger partial charge in [-0.05, 0) is 28.8 Å². The van der Waals surface area contributed by atoms with Crippen molar-refractivity contribution in [1.29, 1.82) is 0 Å². The number of nitrogens with zero attached hydrogens (tertiary/aromatic N) is 1. The van der Waals surface area contributed by atoms with Crippen molar-refractivity contribution in [1.82, 2.24) is 0 Å². The van der Waals surface area contributed by atoms with E-state index in [4.69, 9.17) is 9.47 Å². The second-order valence-electron chi connectivity index (χ2n) is 6.96. The first-order chi connectivity index (χ1) is 11.0. The Labute approximate surface area is 139 Å². The summed E-state index contributed by atoms with van der Waals surface area (Å²) in [6.07, 6.45) is 1.06. The van der Waals surface area contributed by atoms with Crippen molar-refractivity contribution >= 4 is 0 Å². The lowest BCUT2D eigenvalue weighted by Gasteiger charge is -2.31. The molecule has 0 fully saturated rings. The molecule has 0 aliphatic carbocycles. The monoisotopic (exact) mass is 312 g/mol. The fourth-order valence-electron chi connectivity index (χ4n) is 3.56. The lowest BCUT2D eigenvalue weighted by atomic mass is 9.87. The van der Waals surface area contributed by atoms with E-state index < -0.39 is 0 Å². The number of fused-ring (bicyclic) bond motifs is 1. The van der Waals surface area contributed by atoms with Gasteiger partial charge in [-0.3, -0.25) is 0 Å². The fourth-order valence-corrected chi connectivity index (χ4v) is 3.56. The largest absolute Gasteiger partial charge is 0.493 e. The number of rotatable bonds is 3. The minimum Gasteiger partial charge on any atom is -0.493 e. The van der Waals surface area contributed by atoms with Crippen LogP contribution in [0.4, 0.5) is 0 Å². The van der Waals surface area contributed by atoms with Gasteiger partial charge >= 0.3 is 0 Å². The lowest BCUT2D eigenvalue weighted by molar-refractivity contribution is -0.890. The highest BCUT2D eigenvalue weighted by Crippen LogP contribution is 2.39. The molecule has 122 valence electrons. The number of quaternary nitrogens is 1. The van der Waals surface area contributed by atoms with Crippen molar-refractivity contribution in [3.63, 3.8) is 0 Å². The summed E-state index contributed by atoms with van der Waals surface area (Å²) in [6.45, 7) is 2.22. The van der Waals surface area contributed by atoms with E-state index in [1.54, 1.807) is 14.2 Å². The highest BCUT2D eigenvalue weighted by Gasteiger charge is 2.31. The number of ether oxygens (including phenoxy) is 2. The van der Waals surface area contributed by atoms with Crippen LogP contribution in [0.3, 0.4) is 0 Å². The predicted octanol–water partition coefficient (Wildman–Crippen LogP) is 3.47. The molecule has 0 saturated heterocycles. The van der Waals surface area contributed by atoms with Gasteiger partial charge in [-0.15, -0.1) is 0 Å². The summed E-state index contributed by atoms with van der Waals surface area (Å²) >= 11 is 0. The SMILES string of the molecule is COc1cc2c(cc1OC)C(c1ccccc1)C[N+](C)(C)CC2. The molecule has 3 rings (SSSR count). The van der Waals surface area contributed by atoms with Crippen molar-refractivity contribution in [2.75, 3.05) is 41.4 Å². The number of likely N-dealkylation sites (N-methyl/N-ethyl adjacent to an activating group) is 1. The molecule has 3 nitrogen and oxygen atoms in total. The van der Waals surface area contributed by atoms with Crippen LogP contribution in [-0.2, 0) is 6.42 Å². The van der Waals surface area contributed by atoms with Crippen LogP contribution < -0.4 is 9.47 Å². The van der Waals surface area contributed by atoms with Gasteiger partial charge in [-0.1, -0.05) is 30.3 Å². The summed E-state index contributed by atoms with van der Waals surface area (Å²) in [4.78, 5) is 0. The third-order valence-corrected chi connectivity index (χ3v) is 4.89. The fraction of sp³-hybridized carbons (Fsp3) is 0.400. The second kappa shape index (κ2) is 6.25. The molecule has 0 amide bonds. The van der Waals surface area contributed by atoms with Crippen molar-refractivity contribution in [3.8, 4) is 11.5 Å². The molecule has 2 aromatic rings. The van der Waals surface area contributed by atoms with E-state index in [1.807, 2.05) is 0 Å². The first-order valence-corrected chi connectivity index (χ1v) is 8.16. The van der Waals surface area contributed by atoms with Crippen LogP contribution in [0, 0.1) is 0 Å². The molecule has 1 aliphatic heterocycles. The van der Waals surface area contributed by atoms with Crippen LogP contribution >= 0.6 is 0 Å². The maximum absolute atomic E-state index is 5.55. The summed E-state index contributed by atoms with van der Waals surface area (Å²) < 4.78 is 12.1. The van der Waals surface area contributed by atoms with E-state index in [2.05, 4.69) is 56.6 Å². The standard InChI is InChI=1S/C20H26NO2/c1-21(2)11-10-16-12-19(22-3)20(23-4)13-17(16)18(14-21)15-8-6-5-7-9-15/h5-9,12-13,18H,10-11,14H2,1-4H3/q+1. The maximum atomic E-state index is 5.55. The van der Waals surface area contributed by atoms with Crippen molar-refractivity contribution in [3.05, 3.63) is 59.2 Å². The average Bonchev–Trinajstić information content (AvgIpc) is 2.70. The van der Waals surface area contributed by atoms with Gasteiger partial charge < -0.3 is 14.0 Å². The third-order valence-electron chi connectivity index (χ3n) is 4.89. The smallest absolute Gasteiger partial charge is 0.161 e. The van der Waals surface area contributed by atoms with E-state index in [9.17, 15) is 0 Å². The number of benzene rings is 2. The van der Waals surface area contributed by atoms with Crippen LogP contribution in [0.25, 0.3) is 0 Å². The number of hydrogen-bond acceptors (Lipinski definition) is 2. The van der Waals surface area contributed by atoms with Gasteiger partial charge in [0.25, 0.3) is 0 Å². The van der Waals surface area contributed by atoms with Crippen molar-refractivity contribution in [2.24, 2.45) is 0 Å². The van der Waals surface area contributed by atoms with Crippen LogP contribution in [0.1, 0.15) is 22.6 Å². The molecule has 1 aliphatic rings. The first-order valence-electron chi connectivity index (χ1n) is 8.16. The normalized spacial score (nSPS) is 19.6. The van der Waals surface area contributed by atoms with Crippen molar-refractivity contribution in [2.45, 2.75) is 12.3 Å².